The van der Waals surface area contributed by atoms with Gasteiger partial charge in [0.1, 0.15) is 18.1 Å². The number of allylic oxidation sites excluding steroid dienone is 1. The van der Waals surface area contributed by atoms with Gasteiger partial charge in [0.25, 0.3) is 5.91 Å². The number of nitrogens with one attached hydrogen (secondary N) is 1. The summed E-state index contributed by atoms with van der Waals surface area (Å²) in [6.07, 6.45) is 8.20. The number of carbonyl (C=O) groups is 2. The van der Waals surface area contributed by atoms with Crippen LogP contribution >= 0.6 is 0 Å². The fourth-order valence-corrected chi connectivity index (χ4v) is 4.36. The third-order valence-corrected chi connectivity index (χ3v) is 6.04. The van der Waals surface area contributed by atoms with Crippen LogP contribution in [0.1, 0.15) is 55.3 Å². The highest BCUT2D eigenvalue weighted by Crippen LogP contribution is 2.34. The lowest BCUT2D eigenvalue weighted by Gasteiger charge is -2.36. The van der Waals surface area contributed by atoms with Crippen LogP contribution in [0.25, 0.3) is 0 Å². The zero-order valence-electron chi connectivity index (χ0n) is 16.2. The van der Waals surface area contributed by atoms with E-state index in [0.29, 0.717) is 11.3 Å². The largest absolute Gasteiger partial charge is 0.493 e. The Bertz CT molecular complexity index is 751. The van der Waals surface area contributed by atoms with Crippen molar-refractivity contribution in [2.75, 3.05) is 7.11 Å². The van der Waals surface area contributed by atoms with Gasteiger partial charge in [-0.1, -0.05) is 12.8 Å². The highest BCUT2D eigenvalue weighted by Gasteiger charge is 2.41. The maximum Gasteiger partial charge on any atom is 0.251 e. The molecule has 1 aromatic carbocycles. The van der Waals surface area contributed by atoms with E-state index in [4.69, 9.17) is 14.2 Å². The fraction of sp³-hybridized carbons (Fsp3) is 0.545. The Kier molecular flexibility index (Phi) is 5.67. The highest BCUT2D eigenvalue weighted by atomic mass is 16.5. The van der Waals surface area contributed by atoms with Gasteiger partial charge in [-0.25, -0.2) is 0 Å². The van der Waals surface area contributed by atoms with E-state index >= 15 is 0 Å². The minimum Gasteiger partial charge on any atom is -0.493 e. The number of Topliss-reactive ketones (excluding diaryl/α,β-unsaturated/α-hetero) is 1. The maximum atomic E-state index is 12.7. The van der Waals surface area contributed by atoms with Crippen molar-refractivity contribution in [1.29, 1.82) is 0 Å². The summed E-state index contributed by atoms with van der Waals surface area (Å²) in [6, 6.07) is 7.16. The minimum absolute atomic E-state index is 0.0196. The number of rotatable bonds is 5. The first kappa shape index (κ1) is 19.0. The Morgan fingerprint density at radius 1 is 1.11 bits per heavy atom. The van der Waals surface area contributed by atoms with Gasteiger partial charge in [0, 0.05) is 25.1 Å². The van der Waals surface area contributed by atoms with Gasteiger partial charge in [0.2, 0.25) is 11.5 Å². The van der Waals surface area contributed by atoms with Gasteiger partial charge < -0.3 is 19.5 Å². The van der Waals surface area contributed by atoms with Crippen LogP contribution in [0.4, 0.5) is 0 Å². The Labute approximate surface area is 165 Å². The van der Waals surface area contributed by atoms with Crippen molar-refractivity contribution in [2.45, 2.75) is 63.2 Å². The number of ketones is 1. The predicted molar refractivity (Wildman–Crippen MR) is 103 cm³/mol. The Morgan fingerprint density at radius 2 is 1.86 bits per heavy atom. The van der Waals surface area contributed by atoms with Crippen LogP contribution in [0, 0.1) is 5.92 Å². The summed E-state index contributed by atoms with van der Waals surface area (Å²) in [5, 5.41) is 3.07. The Balaban J connectivity index is 1.37. The molecule has 2 aliphatic carbocycles. The number of methoxy groups -OCH3 is 1. The average molecular weight is 385 g/mol. The molecule has 2 saturated carbocycles. The zero-order chi connectivity index (χ0) is 19.5. The molecule has 1 heterocycles. The molecular weight excluding hydrogens is 358 g/mol. The molecule has 1 aliphatic heterocycles. The van der Waals surface area contributed by atoms with Crippen LogP contribution in [0.2, 0.25) is 0 Å². The fourth-order valence-electron chi connectivity index (χ4n) is 4.36. The molecule has 1 aromatic rings. The molecule has 150 valence electrons. The molecule has 3 aliphatic rings. The van der Waals surface area contributed by atoms with Gasteiger partial charge in [-0.15, -0.1) is 0 Å². The standard InChI is InChI=1S/C22H27NO5/c1-26-17-10-11-18-19(12-17)27-13-20(21(18)24)28-16-8-6-14(7-9-16)22(25)23-15-4-2-3-5-15/h6-9,13,15,17-19H,2-5,10-12H2,1H3,(H,23,25). The smallest absolute Gasteiger partial charge is 0.251 e. The number of hydrogen-bond acceptors (Lipinski definition) is 5. The topological polar surface area (TPSA) is 73.9 Å². The minimum atomic E-state index is -0.178. The second-order valence-electron chi connectivity index (χ2n) is 7.88. The lowest BCUT2D eigenvalue weighted by molar-refractivity contribution is -0.133. The van der Waals surface area contributed by atoms with Crippen molar-refractivity contribution >= 4 is 11.7 Å². The molecule has 0 saturated heterocycles. The summed E-state index contributed by atoms with van der Waals surface area (Å²) in [7, 11) is 1.69. The summed E-state index contributed by atoms with van der Waals surface area (Å²) in [5.41, 5.74) is 0.595. The number of benzene rings is 1. The molecule has 2 fully saturated rings. The Hall–Kier alpha value is -2.34. The first-order valence-corrected chi connectivity index (χ1v) is 10.2. The molecule has 4 rings (SSSR count). The van der Waals surface area contributed by atoms with Gasteiger partial charge >= 0.3 is 0 Å². The summed E-state index contributed by atoms with van der Waals surface area (Å²) in [6.45, 7) is 0. The predicted octanol–water partition coefficient (Wildman–Crippen LogP) is 3.36. The van der Waals surface area contributed by atoms with E-state index < -0.39 is 0 Å². The van der Waals surface area contributed by atoms with Gasteiger partial charge in [-0.05, 0) is 49.9 Å². The lowest BCUT2D eigenvalue weighted by atomic mass is 9.80. The Morgan fingerprint density at radius 3 is 2.57 bits per heavy atom. The van der Waals surface area contributed by atoms with Crippen LogP contribution in [-0.4, -0.2) is 37.0 Å². The van der Waals surface area contributed by atoms with E-state index in [0.717, 1.165) is 32.1 Å². The molecule has 0 aromatic heterocycles. The number of carbonyl (C=O) groups excluding carboxylic acids is 2. The van der Waals surface area contributed by atoms with Gasteiger partial charge in [0.15, 0.2) is 0 Å². The van der Waals surface area contributed by atoms with Crippen LogP contribution in [0.15, 0.2) is 36.3 Å². The molecule has 0 spiro atoms. The first-order chi connectivity index (χ1) is 13.6. The molecule has 6 nitrogen and oxygen atoms in total. The molecule has 0 radical (unpaired) electrons. The van der Waals surface area contributed by atoms with Crippen molar-refractivity contribution in [3.8, 4) is 5.75 Å². The quantitative estimate of drug-likeness (QED) is 0.841. The van der Waals surface area contributed by atoms with Crippen LogP contribution < -0.4 is 10.1 Å². The molecular formula is C22H27NO5. The maximum absolute atomic E-state index is 12.7. The van der Waals surface area contributed by atoms with Crippen LogP contribution in [0.3, 0.4) is 0 Å². The van der Waals surface area contributed by atoms with E-state index in [1.807, 2.05) is 0 Å². The highest BCUT2D eigenvalue weighted by molar-refractivity contribution is 5.97. The third-order valence-electron chi connectivity index (χ3n) is 6.04. The van der Waals surface area contributed by atoms with Crippen LogP contribution in [-0.2, 0) is 14.3 Å². The van der Waals surface area contributed by atoms with Crippen molar-refractivity contribution in [2.24, 2.45) is 5.92 Å². The molecule has 1 amide bonds. The van der Waals surface area contributed by atoms with E-state index in [9.17, 15) is 9.59 Å². The van der Waals surface area contributed by atoms with Crippen molar-refractivity contribution in [1.82, 2.24) is 5.32 Å². The summed E-state index contributed by atoms with van der Waals surface area (Å²) >= 11 is 0. The average Bonchev–Trinajstić information content (AvgIpc) is 3.23. The van der Waals surface area contributed by atoms with Crippen molar-refractivity contribution in [3.05, 3.63) is 41.9 Å². The first-order valence-electron chi connectivity index (χ1n) is 10.2. The molecule has 1 N–H and O–H groups in total. The molecule has 0 bridgehead atoms. The van der Waals surface area contributed by atoms with E-state index in [1.165, 1.54) is 19.1 Å². The van der Waals surface area contributed by atoms with Gasteiger partial charge in [-0.3, -0.25) is 9.59 Å². The molecule has 28 heavy (non-hydrogen) atoms. The lowest BCUT2D eigenvalue weighted by Crippen LogP contribution is -2.42. The summed E-state index contributed by atoms with van der Waals surface area (Å²) < 4.78 is 16.9. The van der Waals surface area contributed by atoms with Crippen molar-refractivity contribution in [3.63, 3.8) is 0 Å². The molecule has 6 heteroatoms. The molecule has 3 unspecified atom stereocenters. The van der Waals surface area contributed by atoms with Gasteiger partial charge in [-0.2, -0.15) is 0 Å². The van der Waals surface area contributed by atoms with E-state index in [1.54, 1.807) is 31.4 Å². The normalized spacial score (nSPS) is 27.5. The molecule has 3 atom stereocenters. The van der Waals surface area contributed by atoms with Crippen molar-refractivity contribution < 1.29 is 23.8 Å². The van der Waals surface area contributed by atoms with Crippen LogP contribution in [0.5, 0.6) is 5.75 Å². The number of hydrogen-bond donors (Lipinski definition) is 1. The second-order valence-corrected chi connectivity index (χ2v) is 7.88. The van der Waals surface area contributed by atoms with E-state index in [2.05, 4.69) is 5.32 Å². The number of ether oxygens (including phenoxy) is 3. The summed E-state index contributed by atoms with van der Waals surface area (Å²) in [5.74, 6) is 0.481. The zero-order valence-corrected chi connectivity index (χ0v) is 16.2. The SMILES string of the molecule is COC1CCC2C(=O)C(Oc3ccc(C(=O)NC4CCCC4)cc3)=COC2C1. The monoisotopic (exact) mass is 385 g/mol. The second kappa shape index (κ2) is 8.35. The number of amides is 1. The summed E-state index contributed by atoms with van der Waals surface area (Å²) in [4.78, 5) is 25.1. The number of fused-ring (bicyclic) bond motifs is 1. The third kappa shape index (κ3) is 4.07. The van der Waals surface area contributed by atoms with E-state index in [-0.39, 0.29) is 41.6 Å². The van der Waals surface area contributed by atoms with Gasteiger partial charge in [0.05, 0.1) is 12.0 Å².